The molecule has 0 aliphatic carbocycles. The molecule has 0 unspecified atom stereocenters. The molecule has 0 rings (SSSR count). The van der Waals surface area contributed by atoms with E-state index in [1.165, 1.54) is 0 Å². The van der Waals surface area contributed by atoms with Crippen LogP contribution in [0.25, 0.3) is 0 Å². The Morgan fingerprint density at radius 1 is 0.667 bits per heavy atom. The van der Waals surface area contributed by atoms with Gasteiger partial charge in [0, 0.05) is 29.6 Å². The predicted molar refractivity (Wildman–Crippen MR) is 44.5 cm³/mol. The topological polar surface area (TPSA) is 31.5 Å². The number of hydrogen-bond donors (Lipinski definition) is 0. The minimum Gasteiger partial charge on any atom is 0 e. The summed E-state index contributed by atoms with van der Waals surface area (Å²) in [6, 6.07) is 0. The van der Waals surface area contributed by atoms with Crippen LogP contribution in [0.3, 0.4) is 0 Å². The average Bonchev–Trinajstić information content (AvgIpc) is 0.592. The smallest absolute Gasteiger partial charge is 0 e. The summed E-state index contributed by atoms with van der Waals surface area (Å²) in [5.41, 5.74) is 0. The molecule has 0 fully saturated rings. The van der Waals surface area contributed by atoms with Gasteiger partial charge in [0.25, 0.3) is 0 Å². The molecule has 0 aromatic carbocycles. The molecule has 0 aliphatic rings. The number of rotatable bonds is 0. The second kappa shape index (κ2) is 3.61. The summed E-state index contributed by atoms with van der Waals surface area (Å²) in [5, 5.41) is 0. The van der Waals surface area contributed by atoms with E-state index in [-0.39, 0.29) is 35.0 Å². The van der Waals surface area contributed by atoms with Crippen molar-refractivity contribution in [2.75, 3.05) is 0 Å². The summed E-state index contributed by atoms with van der Waals surface area (Å²) in [4.78, 5) is 0. The molecular weight excluding hydrogens is 444 g/mol. The second-order valence-corrected chi connectivity index (χ2v) is 52.6. The zero-order valence-electron chi connectivity index (χ0n) is 4.10. The molecule has 0 aromatic heterocycles. The van der Waals surface area contributed by atoms with Crippen molar-refractivity contribution in [1.29, 1.82) is 0 Å². The Morgan fingerprint density at radius 3 is 0.667 bits per heavy atom. The van der Waals surface area contributed by atoms with Gasteiger partial charge in [-0.1, -0.05) is 0 Å². The van der Waals surface area contributed by atoms with Gasteiger partial charge in [-0.15, -0.1) is 0 Å². The molecule has 0 heterocycles. The Morgan fingerprint density at radius 2 is 0.667 bits per heavy atom. The summed E-state index contributed by atoms with van der Waals surface area (Å²) in [6.45, 7) is -5.33. The van der Waals surface area contributed by atoms with Crippen molar-refractivity contribution < 1.29 is 12.3 Å². The van der Waals surface area contributed by atoms with Crippen LogP contribution in [-0.4, -0.2) is 35.0 Å². The van der Waals surface area contributed by atoms with Crippen molar-refractivity contribution in [3.63, 3.8) is 0 Å². The van der Waals surface area contributed by atoms with Gasteiger partial charge >= 0.3 is 64.3 Å². The SMILES string of the molecule is O.[Cl][Ir]([Cl])([Cl])([Cl])([Cl])[Cl].[Na]. The van der Waals surface area contributed by atoms with Gasteiger partial charge in [0.1, 0.15) is 0 Å². The number of halogens is 6. The van der Waals surface area contributed by atoms with Crippen LogP contribution < -0.4 is 0 Å². The van der Waals surface area contributed by atoms with Gasteiger partial charge in [0.05, 0.1) is 0 Å². The molecule has 9 heavy (non-hydrogen) atoms. The summed E-state index contributed by atoms with van der Waals surface area (Å²) in [7, 11) is 30.3. The first-order valence-corrected chi connectivity index (χ1v) is 18.6. The third kappa shape index (κ3) is 88.4. The summed E-state index contributed by atoms with van der Waals surface area (Å²) in [5.74, 6) is 0. The Balaban J connectivity index is -0.000000180. The second-order valence-electron chi connectivity index (χ2n) is 0.714. The predicted octanol–water partition coefficient (Wildman–Crippen LogP) is 2.93. The minimum absolute atomic E-state index is 0. The van der Waals surface area contributed by atoms with E-state index in [0.29, 0.717) is 0 Å². The van der Waals surface area contributed by atoms with E-state index in [4.69, 9.17) is 57.5 Å². The monoisotopic (exact) mass is 444 g/mol. The number of hydrogen-bond acceptors (Lipinski definition) is 0. The van der Waals surface area contributed by atoms with Crippen LogP contribution in [0.2, 0.25) is 0 Å². The first-order chi connectivity index (χ1) is 2.45. The zero-order valence-corrected chi connectivity index (χ0v) is 13.0. The van der Waals surface area contributed by atoms with Crippen molar-refractivity contribution in [1.82, 2.24) is 0 Å². The van der Waals surface area contributed by atoms with E-state index < -0.39 is 6.81 Å². The molecule has 0 saturated heterocycles. The molecule has 60 valence electrons. The molecule has 2 N–H and O–H groups in total. The van der Waals surface area contributed by atoms with Gasteiger partial charge in [-0.3, -0.25) is 0 Å². The van der Waals surface area contributed by atoms with Crippen LogP contribution in [0, 0.1) is 0 Å². The van der Waals surface area contributed by atoms with Crippen molar-refractivity contribution in [3.05, 3.63) is 0 Å². The quantitative estimate of drug-likeness (QED) is 0.513. The fourth-order valence-corrected chi connectivity index (χ4v) is 0. The molecular formula is H2Cl6IrNaO. The standard InChI is InChI=1S/6ClH.Ir.Na.H2O/h6*1H;;;1H2/q;;;;;;+6;;/p-6. The Hall–Kier alpha value is 3.35. The maximum atomic E-state index is 5.06. The van der Waals surface area contributed by atoms with Crippen LogP contribution in [-0.2, 0) is 6.81 Å². The first-order valence-electron chi connectivity index (χ1n) is 0.756. The minimum atomic E-state index is -5.33. The molecule has 0 bridgehead atoms. The first kappa shape index (κ1) is 18.2. The van der Waals surface area contributed by atoms with Gasteiger partial charge in [-0.2, -0.15) is 0 Å². The molecule has 9 heteroatoms. The van der Waals surface area contributed by atoms with E-state index >= 15 is 0 Å². The van der Waals surface area contributed by atoms with Crippen LogP contribution in [0.1, 0.15) is 0 Å². The van der Waals surface area contributed by atoms with Crippen LogP contribution in [0.15, 0.2) is 0 Å². The fourth-order valence-electron chi connectivity index (χ4n) is 0. The molecule has 0 amide bonds. The molecule has 0 aliphatic heterocycles. The van der Waals surface area contributed by atoms with E-state index in [2.05, 4.69) is 0 Å². The van der Waals surface area contributed by atoms with E-state index in [1.54, 1.807) is 0 Å². The van der Waals surface area contributed by atoms with Gasteiger partial charge in [0.15, 0.2) is 0 Å². The van der Waals surface area contributed by atoms with Gasteiger partial charge in [0.2, 0.25) is 0 Å². The summed E-state index contributed by atoms with van der Waals surface area (Å²) in [6.07, 6.45) is 0. The molecule has 1 radical (unpaired) electrons. The summed E-state index contributed by atoms with van der Waals surface area (Å²) < 4.78 is 0. The Labute approximate surface area is 97.4 Å². The summed E-state index contributed by atoms with van der Waals surface area (Å²) >= 11 is 0. The molecule has 0 saturated carbocycles. The van der Waals surface area contributed by atoms with Crippen molar-refractivity contribution >= 4 is 87.1 Å². The normalized spacial score (nSPS) is 18.0. The van der Waals surface area contributed by atoms with E-state index in [1.807, 2.05) is 0 Å². The molecule has 1 nitrogen and oxygen atoms in total. The molecule has 0 aromatic rings. The van der Waals surface area contributed by atoms with Crippen LogP contribution in [0.5, 0.6) is 0 Å². The van der Waals surface area contributed by atoms with Crippen molar-refractivity contribution in [2.24, 2.45) is 0 Å². The van der Waals surface area contributed by atoms with Crippen molar-refractivity contribution in [3.8, 4) is 0 Å². The largest absolute Gasteiger partial charge is 0 e. The maximum Gasteiger partial charge on any atom is 0 e. The maximum absolute atomic E-state index is 5.33. The van der Waals surface area contributed by atoms with Gasteiger partial charge < -0.3 is 5.48 Å². The molecule has 0 spiro atoms. The van der Waals surface area contributed by atoms with Gasteiger partial charge in [-0.25, -0.2) is 0 Å². The molecule has 0 atom stereocenters. The van der Waals surface area contributed by atoms with E-state index in [9.17, 15) is 0 Å². The third-order valence-corrected chi connectivity index (χ3v) is 0. The van der Waals surface area contributed by atoms with Crippen LogP contribution in [0.4, 0.5) is 0 Å². The average molecular weight is 446 g/mol. The Kier molecular flexibility index (Phi) is 7.30. The van der Waals surface area contributed by atoms with Gasteiger partial charge in [-0.05, 0) is 0 Å². The van der Waals surface area contributed by atoms with E-state index in [0.717, 1.165) is 0 Å². The Bertz CT molecular complexity index is 71.6. The van der Waals surface area contributed by atoms with Crippen molar-refractivity contribution in [2.45, 2.75) is 0 Å². The third-order valence-electron chi connectivity index (χ3n) is 0. The van der Waals surface area contributed by atoms with Crippen LogP contribution >= 0.6 is 57.5 Å². The fraction of sp³-hybridized carbons (Fsp3) is 0. The zero-order chi connectivity index (χ0) is 6.41.